The van der Waals surface area contributed by atoms with Crippen LogP contribution < -0.4 is 9.05 Å². The van der Waals surface area contributed by atoms with Crippen molar-refractivity contribution in [1.29, 1.82) is 0 Å². The highest BCUT2D eigenvalue weighted by molar-refractivity contribution is 7.27. The summed E-state index contributed by atoms with van der Waals surface area (Å²) in [5, 5.41) is 0. The summed E-state index contributed by atoms with van der Waals surface area (Å²) in [6.45, 7) is 28.2. The maximum atomic E-state index is 6.59. The fourth-order valence-corrected chi connectivity index (χ4v) is 5.79. The van der Waals surface area contributed by atoms with Gasteiger partial charge < -0.3 is 9.05 Å². The summed E-state index contributed by atoms with van der Waals surface area (Å²) in [5.74, 6) is 1.99. The van der Waals surface area contributed by atoms with Gasteiger partial charge in [-0.2, -0.15) is 0 Å². The van der Waals surface area contributed by atoms with E-state index in [0.29, 0.717) is 0 Å². The lowest BCUT2D eigenvalue weighted by molar-refractivity contribution is 0.441. The van der Waals surface area contributed by atoms with Gasteiger partial charge >= 0.3 is 0 Å². The molecular weight excluding hydrogens is 411 g/mol. The molecule has 0 bridgehead atoms. The zero-order chi connectivity index (χ0) is 24.3. The molecular formula is C29H43O2P. The van der Waals surface area contributed by atoms with E-state index in [1.807, 2.05) is 6.07 Å². The zero-order valence-corrected chi connectivity index (χ0v) is 23.3. The molecule has 0 saturated carbocycles. The van der Waals surface area contributed by atoms with Crippen molar-refractivity contribution < 1.29 is 9.05 Å². The highest BCUT2D eigenvalue weighted by Gasteiger charge is 2.41. The van der Waals surface area contributed by atoms with Gasteiger partial charge in [-0.1, -0.05) is 101 Å². The standard InChI is InChI=1S/C29H43O2P/c1-26(2,3)21-19-17-18-15-13-14-16-20(18)30-32-31-25(19)24(29(10,11)12)23(28(7,8)9)22(21)27(4,5)6/h13-16,32H,17H2,1-12H3. The SMILES string of the molecule is CC(C)(C)c1c2c(c(C(C)(C)C)c(C(C)(C)C)c1C(C)(C)C)OPOc1ccccc1C2. The van der Waals surface area contributed by atoms with Crippen LogP contribution >= 0.6 is 9.03 Å². The van der Waals surface area contributed by atoms with Crippen LogP contribution in [0.5, 0.6) is 11.5 Å². The van der Waals surface area contributed by atoms with Crippen molar-refractivity contribution in [2.75, 3.05) is 0 Å². The molecule has 3 rings (SSSR count). The Balaban J connectivity index is 2.61. The van der Waals surface area contributed by atoms with Crippen molar-refractivity contribution in [3.8, 4) is 11.5 Å². The van der Waals surface area contributed by atoms with E-state index in [1.165, 1.54) is 33.4 Å². The fraction of sp³-hybridized carbons (Fsp3) is 0.586. The fourth-order valence-electron chi connectivity index (χ4n) is 5.15. The Morgan fingerprint density at radius 1 is 0.594 bits per heavy atom. The van der Waals surface area contributed by atoms with Crippen molar-refractivity contribution in [2.45, 2.75) is 111 Å². The van der Waals surface area contributed by atoms with Gasteiger partial charge in [0.2, 0.25) is 0 Å². The number of para-hydroxylation sites is 1. The number of benzene rings is 2. The highest BCUT2D eigenvalue weighted by atomic mass is 31.1. The van der Waals surface area contributed by atoms with Gasteiger partial charge in [0.1, 0.15) is 11.5 Å². The van der Waals surface area contributed by atoms with Crippen LogP contribution in [0.3, 0.4) is 0 Å². The highest BCUT2D eigenvalue weighted by Crippen LogP contribution is 2.54. The summed E-state index contributed by atoms with van der Waals surface area (Å²) in [6.07, 6.45) is 0.819. The molecule has 176 valence electrons. The minimum absolute atomic E-state index is 0.000920. The molecule has 1 heterocycles. The molecule has 32 heavy (non-hydrogen) atoms. The van der Waals surface area contributed by atoms with E-state index in [-0.39, 0.29) is 30.7 Å². The third kappa shape index (κ3) is 4.72. The Labute approximate surface area is 198 Å². The van der Waals surface area contributed by atoms with E-state index in [9.17, 15) is 0 Å². The van der Waals surface area contributed by atoms with Crippen LogP contribution in [0.15, 0.2) is 24.3 Å². The maximum Gasteiger partial charge on any atom is 0.275 e. The van der Waals surface area contributed by atoms with Crippen LogP contribution in [0.25, 0.3) is 0 Å². The zero-order valence-electron chi connectivity index (χ0n) is 22.3. The second-order valence-corrected chi connectivity index (χ2v) is 14.0. The summed E-state index contributed by atoms with van der Waals surface area (Å²) in [7, 11) is -0.0572. The van der Waals surface area contributed by atoms with E-state index in [1.54, 1.807) is 0 Å². The van der Waals surface area contributed by atoms with Gasteiger partial charge in [0.15, 0.2) is 0 Å². The smallest absolute Gasteiger partial charge is 0.275 e. The third-order valence-electron chi connectivity index (χ3n) is 6.19. The Kier molecular flexibility index (Phi) is 6.31. The average molecular weight is 455 g/mol. The van der Waals surface area contributed by atoms with E-state index >= 15 is 0 Å². The quantitative estimate of drug-likeness (QED) is 0.370. The summed E-state index contributed by atoms with van der Waals surface area (Å²) >= 11 is 0. The Hall–Kier alpha value is -1.53. The van der Waals surface area contributed by atoms with Crippen molar-refractivity contribution in [3.05, 3.63) is 57.6 Å². The number of hydrogen-bond donors (Lipinski definition) is 0. The molecule has 0 aromatic heterocycles. The van der Waals surface area contributed by atoms with Crippen molar-refractivity contribution >= 4 is 9.03 Å². The Morgan fingerprint density at radius 3 is 1.56 bits per heavy atom. The first-order chi connectivity index (χ1) is 14.4. The molecule has 0 N–H and O–H groups in total. The van der Waals surface area contributed by atoms with Crippen molar-refractivity contribution in [3.63, 3.8) is 0 Å². The average Bonchev–Trinajstić information content (AvgIpc) is 2.56. The molecule has 0 spiro atoms. The first-order valence-corrected chi connectivity index (χ1v) is 12.7. The van der Waals surface area contributed by atoms with Crippen LogP contribution in [0.2, 0.25) is 0 Å². The predicted octanol–water partition coefficient (Wildman–Crippen LogP) is 8.75. The van der Waals surface area contributed by atoms with Gasteiger partial charge in [-0.25, -0.2) is 0 Å². The first kappa shape index (κ1) is 25.1. The molecule has 1 aliphatic rings. The summed E-state index contributed by atoms with van der Waals surface area (Å²) in [5.41, 5.74) is 8.19. The molecule has 1 atom stereocenters. The van der Waals surface area contributed by atoms with Crippen LogP contribution in [0.4, 0.5) is 0 Å². The molecule has 2 aromatic carbocycles. The largest absolute Gasteiger partial charge is 0.440 e. The van der Waals surface area contributed by atoms with Gasteiger partial charge in [0, 0.05) is 17.5 Å². The van der Waals surface area contributed by atoms with Crippen LogP contribution in [0, 0.1) is 0 Å². The lowest BCUT2D eigenvalue weighted by atomic mass is 9.62. The van der Waals surface area contributed by atoms with E-state index in [2.05, 4.69) is 101 Å². The van der Waals surface area contributed by atoms with Crippen molar-refractivity contribution in [1.82, 2.24) is 0 Å². The molecule has 0 amide bonds. The van der Waals surface area contributed by atoms with Gasteiger partial charge in [0.05, 0.1) is 0 Å². The summed E-state index contributed by atoms with van der Waals surface area (Å²) < 4.78 is 12.7. The molecule has 0 saturated heterocycles. The molecule has 1 aliphatic heterocycles. The maximum absolute atomic E-state index is 6.59. The second-order valence-electron chi connectivity index (χ2n) is 13.4. The van der Waals surface area contributed by atoms with E-state index < -0.39 is 0 Å². The summed E-state index contributed by atoms with van der Waals surface area (Å²) in [6, 6.07) is 8.42. The topological polar surface area (TPSA) is 18.5 Å². The number of fused-ring (bicyclic) bond motifs is 2. The Morgan fingerprint density at radius 2 is 1.06 bits per heavy atom. The van der Waals surface area contributed by atoms with Crippen molar-refractivity contribution in [2.24, 2.45) is 0 Å². The van der Waals surface area contributed by atoms with Crippen LogP contribution in [-0.4, -0.2) is 0 Å². The minimum Gasteiger partial charge on any atom is -0.440 e. The molecule has 3 heteroatoms. The molecule has 0 radical (unpaired) electrons. The number of hydrogen-bond acceptors (Lipinski definition) is 2. The minimum atomic E-state index is -0.0632. The molecule has 2 aromatic rings. The first-order valence-electron chi connectivity index (χ1n) is 11.9. The van der Waals surface area contributed by atoms with Crippen LogP contribution in [0.1, 0.15) is 116 Å². The lowest BCUT2D eigenvalue weighted by Crippen LogP contribution is -2.34. The lowest BCUT2D eigenvalue weighted by Gasteiger charge is -2.43. The second kappa shape index (κ2) is 8.05. The van der Waals surface area contributed by atoms with Gasteiger partial charge in [-0.05, 0) is 50.0 Å². The summed E-state index contributed by atoms with van der Waals surface area (Å²) in [4.78, 5) is 0. The van der Waals surface area contributed by atoms with Crippen LogP contribution in [-0.2, 0) is 28.1 Å². The molecule has 0 fully saturated rings. The van der Waals surface area contributed by atoms with E-state index in [4.69, 9.17) is 9.05 Å². The van der Waals surface area contributed by atoms with E-state index in [0.717, 1.165) is 17.9 Å². The normalized spacial score (nSPS) is 15.9. The third-order valence-corrected chi connectivity index (χ3v) is 6.78. The monoisotopic (exact) mass is 454 g/mol. The Bertz CT molecular complexity index is 1010. The van der Waals surface area contributed by atoms with Gasteiger partial charge in [0.25, 0.3) is 9.03 Å². The predicted molar refractivity (Wildman–Crippen MR) is 140 cm³/mol. The number of rotatable bonds is 0. The molecule has 0 aliphatic carbocycles. The molecule has 2 nitrogen and oxygen atoms in total. The molecule has 1 unspecified atom stereocenters. The van der Waals surface area contributed by atoms with Gasteiger partial charge in [-0.3, -0.25) is 0 Å². The van der Waals surface area contributed by atoms with Gasteiger partial charge in [-0.15, -0.1) is 0 Å².